The molecular weight excluding hydrogens is 306 g/mol. The van der Waals surface area contributed by atoms with E-state index >= 15 is 0 Å². The van der Waals surface area contributed by atoms with E-state index in [9.17, 15) is 23.1 Å². The minimum absolute atomic E-state index is 0.113. The predicted molar refractivity (Wildman–Crippen MR) is 81.1 cm³/mol. The van der Waals surface area contributed by atoms with E-state index in [1.165, 1.54) is 0 Å². The Morgan fingerprint density at radius 2 is 1.86 bits per heavy atom. The van der Waals surface area contributed by atoms with E-state index in [1.54, 1.807) is 24.3 Å². The number of carboxylic acid groups (broad SMARTS) is 1. The summed E-state index contributed by atoms with van der Waals surface area (Å²) in [6.07, 6.45) is 2.28. The Kier molecular flexibility index (Phi) is 4.55. The van der Waals surface area contributed by atoms with Gasteiger partial charge >= 0.3 is 5.97 Å². The molecule has 1 unspecified atom stereocenters. The van der Waals surface area contributed by atoms with Gasteiger partial charge in [0.1, 0.15) is 10.8 Å². The summed E-state index contributed by atoms with van der Waals surface area (Å²) in [5.74, 6) is -1.88. The fraction of sp³-hybridized carbons (Fsp3) is 0.467. The van der Waals surface area contributed by atoms with Crippen LogP contribution in [-0.2, 0) is 25.8 Å². The van der Waals surface area contributed by atoms with Crippen molar-refractivity contribution in [2.24, 2.45) is 0 Å². The molecule has 1 aliphatic carbocycles. The molecular formula is C15H19NO5S. The number of amides is 1. The van der Waals surface area contributed by atoms with Gasteiger partial charge in [-0.1, -0.05) is 30.3 Å². The number of carbonyl (C=O) groups is 2. The molecule has 1 aromatic carbocycles. The normalized spacial score (nSPS) is 18.0. The number of benzene rings is 1. The van der Waals surface area contributed by atoms with Crippen molar-refractivity contribution in [2.75, 3.05) is 6.26 Å². The van der Waals surface area contributed by atoms with E-state index in [1.807, 2.05) is 6.07 Å². The number of hydrogen-bond donors (Lipinski definition) is 2. The number of hydrogen-bond acceptors (Lipinski definition) is 4. The molecule has 1 aromatic rings. The zero-order chi connectivity index (χ0) is 16.4. The molecule has 0 aromatic heterocycles. The third kappa shape index (κ3) is 3.14. The molecule has 6 nitrogen and oxygen atoms in total. The first-order valence-electron chi connectivity index (χ1n) is 7.03. The quantitative estimate of drug-likeness (QED) is 0.804. The molecule has 0 spiro atoms. The molecule has 2 rings (SSSR count). The highest BCUT2D eigenvalue weighted by Gasteiger charge is 2.53. The number of nitrogens with one attached hydrogen (secondary N) is 1. The molecule has 120 valence electrons. The lowest BCUT2D eigenvalue weighted by Crippen LogP contribution is -2.59. The Labute approximate surface area is 129 Å². The molecule has 1 atom stereocenters. The first-order valence-corrected chi connectivity index (χ1v) is 8.93. The topological polar surface area (TPSA) is 101 Å². The van der Waals surface area contributed by atoms with Crippen molar-refractivity contribution in [3.05, 3.63) is 35.9 Å². The average Bonchev–Trinajstić information content (AvgIpc) is 2.35. The monoisotopic (exact) mass is 325 g/mol. The summed E-state index contributed by atoms with van der Waals surface area (Å²) in [5, 5.41) is 11.7. The molecule has 1 saturated carbocycles. The summed E-state index contributed by atoms with van der Waals surface area (Å²) in [7, 11) is -3.58. The Bertz CT molecular complexity index is 664. The Hall–Kier alpha value is -1.89. The number of carbonyl (C=O) groups excluding carboxylic acids is 1. The van der Waals surface area contributed by atoms with Crippen LogP contribution in [0.1, 0.15) is 24.8 Å². The van der Waals surface area contributed by atoms with Gasteiger partial charge in [0.2, 0.25) is 5.91 Å². The van der Waals surface area contributed by atoms with E-state index in [0.29, 0.717) is 6.42 Å². The summed E-state index contributed by atoms with van der Waals surface area (Å²) in [5.41, 5.74) is 0.761. The lowest BCUT2D eigenvalue weighted by molar-refractivity contribution is -0.142. The van der Waals surface area contributed by atoms with E-state index in [4.69, 9.17) is 0 Å². The molecule has 22 heavy (non-hydrogen) atoms. The molecule has 0 bridgehead atoms. The Morgan fingerprint density at radius 1 is 1.27 bits per heavy atom. The summed E-state index contributed by atoms with van der Waals surface area (Å²) in [6, 6.07) is 7.74. The molecule has 2 N–H and O–H groups in total. The van der Waals surface area contributed by atoms with Crippen LogP contribution in [0.3, 0.4) is 0 Å². The fourth-order valence-electron chi connectivity index (χ4n) is 2.60. The van der Waals surface area contributed by atoms with Gasteiger partial charge in [-0.15, -0.1) is 0 Å². The van der Waals surface area contributed by atoms with Crippen molar-refractivity contribution in [2.45, 2.75) is 36.5 Å². The van der Waals surface area contributed by atoms with E-state index in [0.717, 1.165) is 11.8 Å². The van der Waals surface area contributed by atoms with Gasteiger partial charge < -0.3 is 10.4 Å². The zero-order valence-corrected chi connectivity index (χ0v) is 13.1. The second-order valence-corrected chi connectivity index (χ2v) is 8.00. The highest BCUT2D eigenvalue weighted by Crippen LogP contribution is 2.39. The van der Waals surface area contributed by atoms with Gasteiger partial charge in [-0.3, -0.25) is 4.79 Å². The lowest BCUT2D eigenvalue weighted by atomic mass is 9.83. The van der Waals surface area contributed by atoms with Gasteiger partial charge in [0.15, 0.2) is 9.84 Å². The van der Waals surface area contributed by atoms with E-state index in [2.05, 4.69) is 5.32 Å². The summed E-state index contributed by atoms with van der Waals surface area (Å²) in [6.45, 7) is 0. The second-order valence-electron chi connectivity index (χ2n) is 5.67. The summed E-state index contributed by atoms with van der Waals surface area (Å²) >= 11 is 0. The van der Waals surface area contributed by atoms with Crippen molar-refractivity contribution in [1.82, 2.24) is 5.32 Å². The number of carboxylic acids is 1. The van der Waals surface area contributed by atoms with Crippen LogP contribution in [0, 0.1) is 0 Å². The summed E-state index contributed by atoms with van der Waals surface area (Å²) in [4.78, 5) is 23.7. The maximum atomic E-state index is 12.3. The Balaban J connectivity index is 2.15. The minimum atomic E-state index is -3.58. The van der Waals surface area contributed by atoms with Gasteiger partial charge in [-0.25, -0.2) is 13.2 Å². The van der Waals surface area contributed by atoms with Crippen LogP contribution in [0.4, 0.5) is 0 Å². The van der Waals surface area contributed by atoms with E-state index < -0.39 is 32.5 Å². The maximum absolute atomic E-state index is 12.3. The molecule has 1 amide bonds. The van der Waals surface area contributed by atoms with Crippen molar-refractivity contribution < 1.29 is 23.1 Å². The van der Waals surface area contributed by atoms with Crippen LogP contribution in [0.2, 0.25) is 0 Å². The molecule has 7 heteroatoms. The smallest absolute Gasteiger partial charge is 0.326 e. The fourth-order valence-corrected chi connectivity index (χ4v) is 4.03. The third-order valence-electron chi connectivity index (χ3n) is 4.17. The molecule has 0 heterocycles. The van der Waals surface area contributed by atoms with Crippen LogP contribution in [0.25, 0.3) is 0 Å². The number of aliphatic carboxylic acids is 1. The summed E-state index contributed by atoms with van der Waals surface area (Å²) < 4.78 is 22.3. The van der Waals surface area contributed by atoms with Gasteiger partial charge in [0.05, 0.1) is 0 Å². The molecule has 1 fully saturated rings. The van der Waals surface area contributed by atoms with Crippen LogP contribution >= 0.6 is 0 Å². The number of sulfone groups is 1. The molecule has 1 aliphatic rings. The van der Waals surface area contributed by atoms with Crippen molar-refractivity contribution >= 4 is 21.7 Å². The van der Waals surface area contributed by atoms with Crippen LogP contribution < -0.4 is 5.32 Å². The highest BCUT2D eigenvalue weighted by atomic mass is 32.2. The van der Waals surface area contributed by atoms with Crippen LogP contribution in [0.15, 0.2) is 30.3 Å². The largest absolute Gasteiger partial charge is 0.480 e. The van der Waals surface area contributed by atoms with E-state index in [-0.39, 0.29) is 19.3 Å². The highest BCUT2D eigenvalue weighted by molar-refractivity contribution is 7.93. The first kappa shape index (κ1) is 16.5. The average molecular weight is 325 g/mol. The maximum Gasteiger partial charge on any atom is 0.326 e. The van der Waals surface area contributed by atoms with Gasteiger partial charge in [-0.05, 0) is 24.8 Å². The molecule has 0 saturated heterocycles. The van der Waals surface area contributed by atoms with Gasteiger partial charge in [0.25, 0.3) is 0 Å². The lowest BCUT2D eigenvalue weighted by Gasteiger charge is -2.38. The molecule has 0 aliphatic heterocycles. The van der Waals surface area contributed by atoms with Gasteiger partial charge in [-0.2, -0.15) is 0 Å². The van der Waals surface area contributed by atoms with Crippen molar-refractivity contribution in [3.8, 4) is 0 Å². The Morgan fingerprint density at radius 3 is 2.27 bits per heavy atom. The number of rotatable bonds is 6. The first-order chi connectivity index (χ1) is 10.3. The predicted octanol–water partition coefficient (Wildman–Crippen LogP) is 0.766. The van der Waals surface area contributed by atoms with Crippen molar-refractivity contribution in [3.63, 3.8) is 0 Å². The standard InChI is InChI=1S/C15H19NO5S/c1-22(20,21)15(8-5-9-15)14(19)16-12(13(17)18)10-11-6-3-2-4-7-11/h2-4,6-7,12H,5,8-10H2,1H3,(H,16,19)(H,17,18). The zero-order valence-electron chi connectivity index (χ0n) is 12.3. The second kappa shape index (κ2) is 6.08. The van der Waals surface area contributed by atoms with Gasteiger partial charge in [0, 0.05) is 12.7 Å². The SMILES string of the molecule is CS(=O)(=O)C1(C(=O)NC(Cc2ccccc2)C(=O)O)CCC1. The molecule has 0 radical (unpaired) electrons. The third-order valence-corrected chi connectivity index (χ3v) is 6.18. The van der Waals surface area contributed by atoms with Crippen LogP contribution in [-0.4, -0.2) is 42.4 Å². The van der Waals surface area contributed by atoms with Crippen LogP contribution in [0.5, 0.6) is 0 Å². The van der Waals surface area contributed by atoms with Crippen molar-refractivity contribution in [1.29, 1.82) is 0 Å². The minimum Gasteiger partial charge on any atom is -0.480 e.